The molecule has 2 aliphatic rings. The zero-order valence-electron chi connectivity index (χ0n) is 11.0. The van der Waals surface area contributed by atoms with Crippen LogP contribution in [0.2, 0.25) is 0 Å². The van der Waals surface area contributed by atoms with Gasteiger partial charge in [0.2, 0.25) is 10.0 Å². The van der Waals surface area contributed by atoms with Crippen molar-refractivity contribution in [1.29, 1.82) is 0 Å². The second-order valence-corrected chi connectivity index (χ2v) is 6.91. The van der Waals surface area contributed by atoms with Crippen LogP contribution in [0.25, 0.3) is 6.08 Å². The Labute approximate surface area is 117 Å². The van der Waals surface area contributed by atoms with E-state index in [2.05, 4.69) is 0 Å². The van der Waals surface area contributed by atoms with Gasteiger partial charge in [-0.3, -0.25) is 4.79 Å². The number of ether oxygens (including phenoxy) is 1. The number of morpholine rings is 1. The molecule has 1 aromatic carbocycles. The first-order valence-electron chi connectivity index (χ1n) is 6.43. The van der Waals surface area contributed by atoms with Crippen LogP contribution < -0.4 is 0 Å². The van der Waals surface area contributed by atoms with Crippen molar-refractivity contribution in [3.63, 3.8) is 0 Å². The summed E-state index contributed by atoms with van der Waals surface area (Å²) >= 11 is 0. The number of esters is 1. The van der Waals surface area contributed by atoms with E-state index >= 15 is 0 Å². The molecule has 0 spiro atoms. The molecule has 2 bridgehead atoms. The minimum absolute atomic E-state index is 0.261. The molecule has 2 heterocycles. The summed E-state index contributed by atoms with van der Waals surface area (Å²) in [6.45, 7) is 2.23. The molecule has 2 atom stereocenters. The Morgan fingerprint density at radius 3 is 2.60 bits per heavy atom. The van der Waals surface area contributed by atoms with Gasteiger partial charge >= 0.3 is 5.97 Å². The molecule has 1 aromatic rings. The first-order chi connectivity index (χ1) is 9.45. The minimum atomic E-state index is -3.58. The van der Waals surface area contributed by atoms with Crippen LogP contribution in [0.5, 0.6) is 0 Å². The highest BCUT2D eigenvalue weighted by Gasteiger charge is 2.50. The standard InChI is InChI=1S/C14H15NO4S/c1-10-2-4-11(5-3-10)6-7-20(17,18)15-9-12-8-13(15)14(16)19-12/h2-7,12-13H,8-9H2,1H3. The van der Waals surface area contributed by atoms with Gasteiger partial charge in [-0.15, -0.1) is 0 Å². The van der Waals surface area contributed by atoms with Crippen molar-refractivity contribution in [2.24, 2.45) is 0 Å². The third-order valence-electron chi connectivity index (χ3n) is 3.61. The van der Waals surface area contributed by atoms with Crippen LogP contribution in [0.15, 0.2) is 29.7 Å². The van der Waals surface area contributed by atoms with Crippen LogP contribution >= 0.6 is 0 Å². The van der Waals surface area contributed by atoms with Gasteiger partial charge in [0.15, 0.2) is 0 Å². The number of aryl methyl sites for hydroxylation is 1. The summed E-state index contributed by atoms with van der Waals surface area (Å²) in [5, 5.41) is 1.16. The molecule has 20 heavy (non-hydrogen) atoms. The molecule has 0 aliphatic carbocycles. The first-order valence-corrected chi connectivity index (χ1v) is 7.93. The molecule has 0 amide bonds. The zero-order chi connectivity index (χ0) is 14.3. The number of fused-ring (bicyclic) bond motifs is 2. The number of nitrogens with zero attached hydrogens (tertiary/aromatic N) is 1. The predicted octanol–water partition coefficient (Wildman–Crippen LogP) is 1.30. The van der Waals surface area contributed by atoms with E-state index in [1.54, 1.807) is 6.08 Å². The summed E-state index contributed by atoms with van der Waals surface area (Å²) in [7, 11) is -3.58. The fraction of sp³-hybridized carbons (Fsp3) is 0.357. The summed E-state index contributed by atoms with van der Waals surface area (Å²) in [4.78, 5) is 11.5. The molecule has 6 heteroatoms. The van der Waals surface area contributed by atoms with Gasteiger partial charge in [0.25, 0.3) is 0 Å². The number of rotatable bonds is 3. The Morgan fingerprint density at radius 2 is 2.00 bits per heavy atom. The molecule has 3 rings (SSSR count). The molecule has 5 nitrogen and oxygen atoms in total. The Morgan fingerprint density at radius 1 is 1.30 bits per heavy atom. The molecular weight excluding hydrogens is 278 g/mol. The summed E-state index contributed by atoms with van der Waals surface area (Å²) in [5.41, 5.74) is 1.93. The number of hydrogen-bond donors (Lipinski definition) is 0. The van der Waals surface area contributed by atoms with Crippen molar-refractivity contribution < 1.29 is 17.9 Å². The predicted molar refractivity (Wildman–Crippen MR) is 74.1 cm³/mol. The van der Waals surface area contributed by atoms with Crippen molar-refractivity contribution in [1.82, 2.24) is 4.31 Å². The smallest absolute Gasteiger partial charge is 0.324 e. The lowest BCUT2D eigenvalue weighted by Crippen LogP contribution is -2.43. The lowest BCUT2D eigenvalue weighted by molar-refractivity contribution is -0.148. The van der Waals surface area contributed by atoms with Crippen molar-refractivity contribution >= 4 is 22.1 Å². The highest BCUT2D eigenvalue weighted by molar-refractivity contribution is 7.92. The van der Waals surface area contributed by atoms with E-state index in [-0.39, 0.29) is 12.6 Å². The summed E-state index contributed by atoms with van der Waals surface area (Å²) < 4.78 is 30.7. The topological polar surface area (TPSA) is 63.7 Å². The average Bonchev–Trinajstić information content (AvgIpc) is 2.97. The Kier molecular flexibility index (Phi) is 3.14. The monoisotopic (exact) mass is 293 g/mol. The molecule has 0 aromatic heterocycles. The fourth-order valence-corrected chi connectivity index (χ4v) is 3.90. The largest absolute Gasteiger partial charge is 0.460 e. The SMILES string of the molecule is Cc1ccc(C=CS(=O)(=O)N2CC3CC2C(=O)O3)cc1. The summed E-state index contributed by atoms with van der Waals surface area (Å²) in [6, 6.07) is 6.90. The number of benzene rings is 1. The molecule has 2 saturated heterocycles. The molecule has 2 unspecified atom stereocenters. The quantitative estimate of drug-likeness (QED) is 0.788. The van der Waals surface area contributed by atoms with E-state index < -0.39 is 22.0 Å². The van der Waals surface area contributed by atoms with Crippen LogP contribution in [0.1, 0.15) is 17.5 Å². The molecule has 2 aliphatic heterocycles. The van der Waals surface area contributed by atoms with Gasteiger partial charge in [-0.05, 0) is 18.6 Å². The molecule has 0 radical (unpaired) electrons. The van der Waals surface area contributed by atoms with E-state index in [1.165, 1.54) is 4.31 Å². The van der Waals surface area contributed by atoms with E-state index in [4.69, 9.17) is 4.74 Å². The van der Waals surface area contributed by atoms with Crippen LogP contribution in [0.4, 0.5) is 0 Å². The molecule has 0 saturated carbocycles. The number of carbonyl (C=O) groups excluding carboxylic acids is 1. The number of sulfonamides is 1. The van der Waals surface area contributed by atoms with Crippen molar-refractivity contribution in [3.05, 3.63) is 40.8 Å². The average molecular weight is 293 g/mol. The van der Waals surface area contributed by atoms with Gasteiger partial charge in [-0.2, -0.15) is 4.31 Å². The molecule has 0 N–H and O–H groups in total. The zero-order valence-corrected chi connectivity index (χ0v) is 11.8. The van der Waals surface area contributed by atoms with Crippen LogP contribution in [-0.2, 0) is 19.6 Å². The van der Waals surface area contributed by atoms with Gasteiger partial charge in [0.1, 0.15) is 12.1 Å². The first kappa shape index (κ1) is 13.3. The van der Waals surface area contributed by atoms with E-state index in [0.717, 1.165) is 16.5 Å². The number of carbonyl (C=O) groups is 1. The minimum Gasteiger partial charge on any atom is -0.460 e. The Hall–Kier alpha value is -1.66. The van der Waals surface area contributed by atoms with Crippen LogP contribution in [0, 0.1) is 6.92 Å². The van der Waals surface area contributed by atoms with Gasteiger partial charge in [0.05, 0.1) is 6.54 Å². The highest BCUT2D eigenvalue weighted by Crippen LogP contribution is 2.31. The van der Waals surface area contributed by atoms with E-state index in [0.29, 0.717) is 6.42 Å². The summed E-state index contributed by atoms with van der Waals surface area (Å²) in [6.07, 6.45) is 1.73. The second-order valence-electron chi connectivity index (χ2n) is 5.14. The molecular formula is C14H15NO4S. The third-order valence-corrected chi connectivity index (χ3v) is 5.15. The highest BCUT2D eigenvalue weighted by atomic mass is 32.2. The molecule has 2 fully saturated rings. The lowest BCUT2D eigenvalue weighted by Gasteiger charge is -2.23. The maximum atomic E-state index is 12.2. The summed E-state index contributed by atoms with van der Waals surface area (Å²) in [5.74, 6) is -0.437. The van der Waals surface area contributed by atoms with Crippen LogP contribution in [0.3, 0.4) is 0 Å². The van der Waals surface area contributed by atoms with E-state index in [1.807, 2.05) is 31.2 Å². The van der Waals surface area contributed by atoms with Crippen molar-refractivity contribution in [3.8, 4) is 0 Å². The van der Waals surface area contributed by atoms with Crippen molar-refractivity contribution in [2.45, 2.75) is 25.5 Å². The van der Waals surface area contributed by atoms with Crippen molar-refractivity contribution in [2.75, 3.05) is 6.54 Å². The maximum Gasteiger partial charge on any atom is 0.324 e. The van der Waals surface area contributed by atoms with Gasteiger partial charge < -0.3 is 4.74 Å². The van der Waals surface area contributed by atoms with E-state index in [9.17, 15) is 13.2 Å². The second kappa shape index (κ2) is 4.71. The normalized spacial score (nSPS) is 26.4. The number of hydrogen-bond acceptors (Lipinski definition) is 4. The lowest BCUT2D eigenvalue weighted by atomic mass is 10.2. The van der Waals surface area contributed by atoms with Gasteiger partial charge in [0, 0.05) is 11.8 Å². The molecule has 106 valence electrons. The van der Waals surface area contributed by atoms with Gasteiger partial charge in [-0.1, -0.05) is 29.8 Å². The van der Waals surface area contributed by atoms with Crippen LogP contribution in [-0.4, -0.2) is 37.4 Å². The maximum absolute atomic E-state index is 12.2. The van der Waals surface area contributed by atoms with Gasteiger partial charge in [-0.25, -0.2) is 8.42 Å². The fourth-order valence-electron chi connectivity index (χ4n) is 2.51. The Bertz CT molecular complexity index is 663. The Balaban J connectivity index is 1.79. The third kappa shape index (κ3) is 2.36.